The van der Waals surface area contributed by atoms with Crippen molar-refractivity contribution < 1.29 is 13.2 Å². The van der Waals surface area contributed by atoms with E-state index in [9.17, 15) is 13.2 Å². The van der Waals surface area contributed by atoms with Crippen LogP contribution in [0.1, 0.15) is 22.3 Å². The number of sulfone groups is 1. The van der Waals surface area contributed by atoms with Crippen LogP contribution >= 0.6 is 0 Å². The highest BCUT2D eigenvalue weighted by atomic mass is 32.2. The smallest absolute Gasteiger partial charge is 0.251 e. The van der Waals surface area contributed by atoms with Gasteiger partial charge in [-0.2, -0.15) is 0 Å². The normalized spacial score (nSPS) is 24.4. The summed E-state index contributed by atoms with van der Waals surface area (Å²) in [6, 6.07) is 7.80. The lowest BCUT2D eigenvalue weighted by Gasteiger charge is -2.26. The summed E-state index contributed by atoms with van der Waals surface area (Å²) in [6.45, 7) is 3.58. The lowest BCUT2D eigenvalue weighted by atomic mass is 10.1. The van der Waals surface area contributed by atoms with E-state index in [1.165, 1.54) is 0 Å². The minimum absolute atomic E-state index is 0.0400. The molecule has 1 atom stereocenters. The van der Waals surface area contributed by atoms with Crippen LogP contribution in [0.2, 0.25) is 0 Å². The van der Waals surface area contributed by atoms with Crippen LogP contribution in [0.5, 0.6) is 0 Å². The maximum atomic E-state index is 12.3. The summed E-state index contributed by atoms with van der Waals surface area (Å²) < 4.78 is 22.9. The van der Waals surface area contributed by atoms with Crippen molar-refractivity contribution >= 4 is 15.7 Å². The fraction of sp³-hybridized carbons (Fsp3) is 0.562. The molecule has 1 aromatic rings. The Bertz CT molecular complexity index is 655. The zero-order chi connectivity index (χ0) is 16.3. The maximum Gasteiger partial charge on any atom is 0.251 e. The topological polar surface area (TPSA) is 78.5 Å². The third-order valence-corrected chi connectivity index (χ3v) is 6.04. The number of nitrogens with zero attached hydrogens (tertiary/aromatic N) is 1. The molecule has 2 aliphatic rings. The van der Waals surface area contributed by atoms with Crippen molar-refractivity contribution in [3.05, 3.63) is 35.4 Å². The fourth-order valence-electron chi connectivity index (χ4n) is 3.02. The van der Waals surface area contributed by atoms with E-state index in [4.69, 9.17) is 0 Å². The van der Waals surface area contributed by atoms with Gasteiger partial charge in [-0.05, 0) is 30.7 Å². The van der Waals surface area contributed by atoms with Gasteiger partial charge in [0.1, 0.15) is 0 Å². The number of amides is 1. The van der Waals surface area contributed by atoms with Gasteiger partial charge in [0.05, 0.1) is 11.5 Å². The van der Waals surface area contributed by atoms with Crippen LogP contribution in [0.15, 0.2) is 24.3 Å². The molecule has 3 rings (SSSR count). The molecule has 1 unspecified atom stereocenters. The molecule has 0 spiro atoms. The van der Waals surface area contributed by atoms with Gasteiger partial charge in [0.15, 0.2) is 9.84 Å². The van der Waals surface area contributed by atoms with E-state index < -0.39 is 9.84 Å². The average molecular weight is 337 g/mol. The van der Waals surface area contributed by atoms with Gasteiger partial charge in [0.25, 0.3) is 5.91 Å². The summed E-state index contributed by atoms with van der Waals surface area (Å²) in [6.07, 6.45) is 0.966. The van der Waals surface area contributed by atoms with Crippen molar-refractivity contribution in [3.63, 3.8) is 0 Å². The molecule has 1 aromatic carbocycles. The molecule has 6 nitrogen and oxygen atoms in total. The molecule has 2 heterocycles. The maximum absolute atomic E-state index is 12.3. The second-order valence-electron chi connectivity index (χ2n) is 6.29. The molecule has 1 amide bonds. The number of rotatable bonds is 4. The van der Waals surface area contributed by atoms with Crippen LogP contribution in [0, 0.1) is 0 Å². The van der Waals surface area contributed by atoms with E-state index in [0.29, 0.717) is 25.2 Å². The van der Waals surface area contributed by atoms with Gasteiger partial charge >= 0.3 is 0 Å². The summed E-state index contributed by atoms with van der Waals surface area (Å²) in [5.74, 6) is 0.408. The molecule has 0 radical (unpaired) electrons. The molecular weight excluding hydrogens is 314 g/mol. The van der Waals surface area contributed by atoms with Gasteiger partial charge in [0.2, 0.25) is 0 Å². The Morgan fingerprint density at radius 2 is 2.09 bits per heavy atom. The molecule has 126 valence electrons. The summed E-state index contributed by atoms with van der Waals surface area (Å²) in [5, 5.41) is 6.27. The van der Waals surface area contributed by atoms with E-state index in [1.54, 1.807) is 0 Å². The Hall–Kier alpha value is -1.44. The van der Waals surface area contributed by atoms with Crippen molar-refractivity contribution in [3.8, 4) is 0 Å². The Labute approximate surface area is 137 Å². The van der Waals surface area contributed by atoms with Crippen LogP contribution < -0.4 is 10.6 Å². The van der Waals surface area contributed by atoms with E-state index in [1.807, 2.05) is 24.3 Å². The van der Waals surface area contributed by atoms with Crippen molar-refractivity contribution in [2.75, 3.05) is 37.7 Å². The predicted octanol–water partition coefficient (Wildman–Crippen LogP) is 0.00870. The molecule has 2 aliphatic heterocycles. The largest absolute Gasteiger partial charge is 0.348 e. The highest BCUT2D eigenvalue weighted by Gasteiger charge is 2.22. The number of hydrogen-bond acceptors (Lipinski definition) is 5. The van der Waals surface area contributed by atoms with Gasteiger partial charge in [-0.3, -0.25) is 9.69 Å². The van der Waals surface area contributed by atoms with Crippen molar-refractivity contribution in [1.82, 2.24) is 15.5 Å². The quantitative estimate of drug-likeness (QED) is 0.809. The van der Waals surface area contributed by atoms with E-state index in [-0.39, 0.29) is 23.5 Å². The van der Waals surface area contributed by atoms with E-state index in [0.717, 1.165) is 25.1 Å². The standard InChI is InChI=1S/C16H23N3O3S/c20-16(18-15-4-5-17-11-15)14-3-1-2-13(10-14)12-19-6-8-23(21,22)9-7-19/h1-3,10,15,17H,4-9,11-12H2,(H,18,20). The lowest BCUT2D eigenvalue weighted by molar-refractivity contribution is 0.0940. The highest BCUT2D eigenvalue weighted by Crippen LogP contribution is 2.12. The van der Waals surface area contributed by atoms with Crippen LogP contribution in [-0.2, 0) is 16.4 Å². The Morgan fingerprint density at radius 3 is 2.78 bits per heavy atom. The number of carbonyl (C=O) groups is 1. The molecule has 0 aromatic heterocycles. The van der Waals surface area contributed by atoms with Crippen LogP contribution in [-0.4, -0.2) is 63.0 Å². The first-order chi connectivity index (χ1) is 11.0. The van der Waals surface area contributed by atoms with Gasteiger partial charge in [-0.1, -0.05) is 12.1 Å². The first-order valence-corrected chi connectivity index (χ1v) is 9.87. The molecular formula is C16H23N3O3S. The Balaban J connectivity index is 1.59. The molecule has 2 N–H and O–H groups in total. The first-order valence-electron chi connectivity index (χ1n) is 8.05. The fourth-order valence-corrected chi connectivity index (χ4v) is 4.30. The van der Waals surface area contributed by atoms with Crippen LogP contribution in [0.4, 0.5) is 0 Å². The number of benzene rings is 1. The zero-order valence-corrected chi connectivity index (χ0v) is 13.9. The van der Waals surface area contributed by atoms with Crippen LogP contribution in [0.3, 0.4) is 0 Å². The number of carbonyl (C=O) groups excluding carboxylic acids is 1. The van der Waals surface area contributed by atoms with Crippen molar-refractivity contribution in [2.24, 2.45) is 0 Å². The zero-order valence-electron chi connectivity index (χ0n) is 13.1. The van der Waals surface area contributed by atoms with Crippen molar-refractivity contribution in [1.29, 1.82) is 0 Å². The Kier molecular flexibility index (Phi) is 4.99. The van der Waals surface area contributed by atoms with Gasteiger partial charge in [0, 0.05) is 37.8 Å². The van der Waals surface area contributed by atoms with Gasteiger partial charge in [-0.25, -0.2) is 8.42 Å². The van der Waals surface area contributed by atoms with Gasteiger partial charge in [-0.15, -0.1) is 0 Å². The highest BCUT2D eigenvalue weighted by molar-refractivity contribution is 7.91. The van der Waals surface area contributed by atoms with Crippen LogP contribution in [0.25, 0.3) is 0 Å². The molecule has 2 saturated heterocycles. The summed E-state index contributed by atoms with van der Waals surface area (Å²) >= 11 is 0. The SMILES string of the molecule is O=C(NC1CCNC1)c1cccc(CN2CCS(=O)(=O)CC2)c1. The summed E-state index contributed by atoms with van der Waals surface area (Å²) in [7, 11) is -2.85. The molecule has 23 heavy (non-hydrogen) atoms. The van der Waals surface area contributed by atoms with Gasteiger partial charge < -0.3 is 10.6 Å². The second-order valence-corrected chi connectivity index (χ2v) is 8.60. The number of nitrogens with one attached hydrogen (secondary N) is 2. The number of hydrogen-bond donors (Lipinski definition) is 2. The van der Waals surface area contributed by atoms with Crippen molar-refractivity contribution in [2.45, 2.75) is 19.0 Å². The first kappa shape index (κ1) is 16.4. The molecule has 2 fully saturated rings. The molecule has 0 bridgehead atoms. The Morgan fingerprint density at radius 1 is 1.30 bits per heavy atom. The molecule has 0 aliphatic carbocycles. The molecule has 7 heteroatoms. The monoisotopic (exact) mass is 337 g/mol. The second kappa shape index (κ2) is 6.98. The van der Waals surface area contributed by atoms with E-state index in [2.05, 4.69) is 15.5 Å². The van der Waals surface area contributed by atoms with E-state index >= 15 is 0 Å². The lowest BCUT2D eigenvalue weighted by Crippen LogP contribution is -2.39. The third-order valence-electron chi connectivity index (χ3n) is 4.43. The molecule has 0 saturated carbocycles. The third kappa shape index (κ3) is 4.53. The summed E-state index contributed by atoms with van der Waals surface area (Å²) in [5.41, 5.74) is 1.71. The summed E-state index contributed by atoms with van der Waals surface area (Å²) in [4.78, 5) is 14.4. The minimum atomic E-state index is -2.85. The average Bonchev–Trinajstić information content (AvgIpc) is 3.03. The minimum Gasteiger partial charge on any atom is -0.348 e. The predicted molar refractivity (Wildman–Crippen MR) is 89.1 cm³/mol.